The molecular weight excluding hydrogens is 226 g/mol. The van der Waals surface area contributed by atoms with Crippen molar-refractivity contribution in [3.63, 3.8) is 0 Å². The number of aromatic nitrogens is 1. The van der Waals surface area contributed by atoms with Crippen LogP contribution in [0.2, 0.25) is 0 Å². The molecule has 1 aromatic rings. The predicted octanol–water partition coefficient (Wildman–Crippen LogP) is 1.39. The number of rotatable bonds is 5. The van der Waals surface area contributed by atoms with Crippen molar-refractivity contribution in [1.29, 1.82) is 0 Å². The fourth-order valence-electron chi connectivity index (χ4n) is 1.11. The Labute approximate surface area is 99.0 Å². The highest BCUT2D eigenvalue weighted by Crippen LogP contribution is 2.23. The van der Waals surface area contributed by atoms with Crippen molar-refractivity contribution in [2.75, 3.05) is 18.5 Å². The molecule has 5 nitrogen and oxygen atoms in total. The topological polar surface area (TPSA) is 77.2 Å². The third-order valence-corrected chi connectivity index (χ3v) is 3.05. The number of esters is 1. The Hall–Kier alpha value is -1.14. The highest BCUT2D eigenvalue weighted by atomic mass is 32.1. The van der Waals surface area contributed by atoms with E-state index in [-0.39, 0.29) is 12.0 Å². The molecule has 1 heterocycles. The normalized spacial score (nSPS) is 12.2. The van der Waals surface area contributed by atoms with Gasteiger partial charge in [0, 0.05) is 12.6 Å². The molecule has 0 spiro atoms. The molecule has 1 rings (SSSR count). The first-order chi connectivity index (χ1) is 7.58. The summed E-state index contributed by atoms with van der Waals surface area (Å²) in [4.78, 5) is 16.3. The third-order valence-electron chi connectivity index (χ3n) is 1.98. The second-order valence-corrected chi connectivity index (χ2v) is 4.43. The minimum absolute atomic E-state index is 0.139. The van der Waals surface area contributed by atoms with Crippen LogP contribution in [-0.4, -0.2) is 30.1 Å². The third kappa shape index (κ3) is 3.18. The molecule has 0 radical (unpaired) electrons. The van der Waals surface area contributed by atoms with Crippen LogP contribution in [0.1, 0.15) is 29.2 Å². The zero-order valence-corrected chi connectivity index (χ0v) is 10.6. The number of nitrogens with zero attached hydrogens (tertiary/aromatic N) is 1. The van der Waals surface area contributed by atoms with Gasteiger partial charge in [-0.1, -0.05) is 11.3 Å². The second-order valence-electron chi connectivity index (χ2n) is 3.44. The summed E-state index contributed by atoms with van der Waals surface area (Å²) in [5.41, 5.74) is 6.18. The highest BCUT2D eigenvalue weighted by Gasteiger charge is 2.16. The quantitative estimate of drug-likeness (QED) is 0.764. The minimum Gasteiger partial charge on any atom is -0.462 e. The fraction of sp³-hybridized carbons (Fsp3) is 0.600. The number of nitrogens with two attached hydrogens (primary N) is 1. The van der Waals surface area contributed by atoms with Crippen LogP contribution < -0.4 is 11.1 Å². The van der Waals surface area contributed by atoms with Crippen molar-refractivity contribution in [2.24, 2.45) is 5.73 Å². The molecule has 0 aromatic carbocycles. The number of thiazole rings is 1. The molecule has 3 N–H and O–H groups in total. The molecule has 0 bridgehead atoms. The van der Waals surface area contributed by atoms with Crippen molar-refractivity contribution in [1.82, 2.24) is 4.98 Å². The molecule has 16 heavy (non-hydrogen) atoms. The molecule has 90 valence electrons. The molecule has 0 saturated carbocycles. The van der Waals surface area contributed by atoms with Gasteiger partial charge in [-0.05, 0) is 20.8 Å². The Morgan fingerprint density at radius 2 is 2.38 bits per heavy atom. The zero-order valence-electron chi connectivity index (χ0n) is 9.74. The lowest BCUT2D eigenvalue weighted by Gasteiger charge is -2.08. The summed E-state index contributed by atoms with van der Waals surface area (Å²) >= 11 is 1.30. The standard InChI is InChI=1S/C10H17N3O2S/c1-4-15-9(14)8-7(3)13-10(16-8)12-6(2)5-11/h6H,4-5,11H2,1-3H3,(H,12,13)/t6-/m0/s1. The summed E-state index contributed by atoms with van der Waals surface area (Å²) in [6.45, 7) is 6.43. The van der Waals surface area contributed by atoms with E-state index in [4.69, 9.17) is 10.5 Å². The Balaban J connectivity index is 2.77. The second kappa shape index (κ2) is 5.81. The zero-order chi connectivity index (χ0) is 12.1. The van der Waals surface area contributed by atoms with E-state index in [0.29, 0.717) is 28.9 Å². The lowest BCUT2D eigenvalue weighted by molar-refractivity contribution is 0.0531. The predicted molar refractivity (Wildman–Crippen MR) is 64.9 cm³/mol. The summed E-state index contributed by atoms with van der Waals surface area (Å²) in [6, 6.07) is 0.139. The van der Waals surface area contributed by atoms with Crippen LogP contribution in [0.25, 0.3) is 0 Å². The van der Waals surface area contributed by atoms with Gasteiger partial charge in [-0.15, -0.1) is 0 Å². The van der Waals surface area contributed by atoms with E-state index in [1.165, 1.54) is 11.3 Å². The lowest BCUT2D eigenvalue weighted by atomic mass is 10.3. The number of carbonyl (C=O) groups excluding carboxylic acids is 1. The van der Waals surface area contributed by atoms with E-state index >= 15 is 0 Å². The number of hydrogen-bond donors (Lipinski definition) is 2. The number of hydrogen-bond acceptors (Lipinski definition) is 6. The van der Waals surface area contributed by atoms with Crippen LogP contribution in [0.4, 0.5) is 5.13 Å². The first-order valence-corrected chi connectivity index (χ1v) is 6.01. The van der Waals surface area contributed by atoms with Gasteiger partial charge in [0.25, 0.3) is 0 Å². The maximum absolute atomic E-state index is 11.5. The van der Waals surface area contributed by atoms with Gasteiger partial charge in [0.2, 0.25) is 0 Å². The Kier molecular flexibility index (Phi) is 4.70. The summed E-state index contributed by atoms with van der Waals surface area (Å²) in [5, 5.41) is 3.83. The van der Waals surface area contributed by atoms with Crippen LogP contribution in [0.3, 0.4) is 0 Å². The van der Waals surface area contributed by atoms with Gasteiger partial charge in [0.1, 0.15) is 4.88 Å². The fourth-order valence-corrected chi connectivity index (χ4v) is 2.09. The maximum Gasteiger partial charge on any atom is 0.350 e. The molecule has 0 aliphatic carbocycles. The molecule has 0 saturated heterocycles. The molecular formula is C10H17N3O2S. The molecule has 0 fully saturated rings. The summed E-state index contributed by atoms with van der Waals surface area (Å²) < 4.78 is 4.93. The van der Waals surface area contributed by atoms with E-state index in [0.717, 1.165) is 0 Å². The van der Waals surface area contributed by atoms with E-state index in [1.807, 2.05) is 6.92 Å². The molecule has 1 atom stereocenters. The number of ether oxygens (including phenoxy) is 1. The van der Waals surface area contributed by atoms with Crippen LogP contribution in [-0.2, 0) is 4.74 Å². The minimum atomic E-state index is -0.314. The van der Waals surface area contributed by atoms with Gasteiger partial charge in [0.15, 0.2) is 5.13 Å². The number of aryl methyl sites for hydroxylation is 1. The molecule has 0 aliphatic rings. The molecule has 0 amide bonds. The first-order valence-electron chi connectivity index (χ1n) is 5.19. The average molecular weight is 243 g/mol. The van der Waals surface area contributed by atoms with Crippen LogP contribution in [0.15, 0.2) is 0 Å². The molecule has 1 aromatic heterocycles. The van der Waals surface area contributed by atoms with Crippen molar-refractivity contribution in [3.8, 4) is 0 Å². The van der Waals surface area contributed by atoms with Crippen molar-refractivity contribution < 1.29 is 9.53 Å². The van der Waals surface area contributed by atoms with Crippen molar-refractivity contribution in [2.45, 2.75) is 26.8 Å². The monoisotopic (exact) mass is 243 g/mol. The van der Waals surface area contributed by atoms with E-state index < -0.39 is 0 Å². The summed E-state index contributed by atoms with van der Waals surface area (Å²) in [7, 11) is 0. The number of anilines is 1. The molecule has 6 heteroatoms. The largest absolute Gasteiger partial charge is 0.462 e. The van der Waals surface area contributed by atoms with Gasteiger partial charge in [-0.3, -0.25) is 0 Å². The van der Waals surface area contributed by atoms with E-state index in [9.17, 15) is 4.79 Å². The van der Waals surface area contributed by atoms with Gasteiger partial charge in [-0.25, -0.2) is 9.78 Å². The van der Waals surface area contributed by atoms with Gasteiger partial charge < -0.3 is 15.8 Å². The van der Waals surface area contributed by atoms with E-state index in [1.54, 1.807) is 13.8 Å². The lowest BCUT2D eigenvalue weighted by Crippen LogP contribution is -2.24. The van der Waals surface area contributed by atoms with Crippen molar-refractivity contribution >= 4 is 22.4 Å². The van der Waals surface area contributed by atoms with Crippen LogP contribution in [0.5, 0.6) is 0 Å². The van der Waals surface area contributed by atoms with Gasteiger partial charge in [0.05, 0.1) is 12.3 Å². The van der Waals surface area contributed by atoms with Crippen molar-refractivity contribution in [3.05, 3.63) is 10.6 Å². The number of carbonyl (C=O) groups is 1. The molecule has 0 unspecified atom stereocenters. The Morgan fingerprint density at radius 1 is 1.69 bits per heavy atom. The van der Waals surface area contributed by atoms with E-state index in [2.05, 4.69) is 10.3 Å². The Bertz CT molecular complexity index is 365. The average Bonchev–Trinajstić information content (AvgIpc) is 2.59. The SMILES string of the molecule is CCOC(=O)c1sc(N[C@@H](C)CN)nc1C. The van der Waals surface area contributed by atoms with Gasteiger partial charge in [-0.2, -0.15) is 0 Å². The van der Waals surface area contributed by atoms with Gasteiger partial charge >= 0.3 is 5.97 Å². The Morgan fingerprint density at radius 3 is 2.94 bits per heavy atom. The molecule has 0 aliphatic heterocycles. The maximum atomic E-state index is 11.5. The smallest absolute Gasteiger partial charge is 0.350 e. The van der Waals surface area contributed by atoms with Crippen LogP contribution >= 0.6 is 11.3 Å². The summed E-state index contributed by atoms with van der Waals surface area (Å²) in [5.74, 6) is -0.314. The van der Waals surface area contributed by atoms with Crippen LogP contribution in [0, 0.1) is 6.92 Å². The first kappa shape index (κ1) is 12.9. The summed E-state index contributed by atoms with van der Waals surface area (Å²) in [6.07, 6.45) is 0. The highest BCUT2D eigenvalue weighted by molar-refractivity contribution is 7.17. The number of nitrogens with one attached hydrogen (secondary N) is 1.